The maximum absolute atomic E-state index is 12.1. The van der Waals surface area contributed by atoms with E-state index in [2.05, 4.69) is 15.3 Å². The predicted molar refractivity (Wildman–Crippen MR) is 67.5 cm³/mol. The van der Waals surface area contributed by atoms with Crippen molar-refractivity contribution < 1.29 is 9.59 Å². The second-order valence-corrected chi connectivity index (χ2v) is 3.99. The molecule has 1 aromatic heterocycles. The molecule has 0 saturated carbocycles. The fourth-order valence-electron chi connectivity index (χ4n) is 1.92. The molecule has 1 N–H and O–H groups in total. The molecule has 0 fully saturated rings. The minimum atomic E-state index is -0.302. The number of aromatic nitrogens is 2. The van der Waals surface area contributed by atoms with Crippen molar-refractivity contribution >= 4 is 17.8 Å². The van der Waals surface area contributed by atoms with Gasteiger partial charge in [0.25, 0.3) is 11.8 Å². The van der Waals surface area contributed by atoms with Gasteiger partial charge in [-0.25, -0.2) is 9.97 Å². The molecule has 1 aliphatic heterocycles. The number of imide groups is 1. The Morgan fingerprint density at radius 2 is 1.53 bits per heavy atom. The van der Waals surface area contributed by atoms with Crippen molar-refractivity contribution in [3.63, 3.8) is 0 Å². The minimum Gasteiger partial charge on any atom is -0.336 e. The number of fused-ring (bicyclic) bond motifs is 1. The standard InChI is InChI=1S/C13H10N4O2/c18-11-9-4-1-2-5-10(9)12(19)17(11)8-16-13-14-6-3-7-15-13/h1-7H,8H2,(H,14,15,16). The van der Waals surface area contributed by atoms with Crippen LogP contribution in [0.2, 0.25) is 0 Å². The first-order valence-electron chi connectivity index (χ1n) is 5.73. The lowest BCUT2D eigenvalue weighted by Crippen LogP contribution is -2.34. The molecule has 0 spiro atoms. The van der Waals surface area contributed by atoms with Crippen molar-refractivity contribution in [2.75, 3.05) is 12.0 Å². The highest BCUT2D eigenvalue weighted by molar-refractivity contribution is 6.21. The Hall–Kier alpha value is -2.76. The first-order chi connectivity index (χ1) is 9.27. The summed E-state index contributed by atoms with van der Waals surface area (Å²) in [5, 5.41) is 2.84. The lowest BCUT2D eigenvalue weighted by Gasteiger charge is -2.14. The van der Waals surface area contributed by atoms with Crippen molar-refractivity contribution in [3.05, 3.63) is 53.9 Å². The van der Waals surface area contributed by atoms with E-state index in [9.17, 15) is 9.59 Å². The molecule has 19 heavy (non-hydrogen) atoms. The van der Waals surface area contributed by atoms with Crippen LogP contribution in [-0.2, 0) is 0 Å². The average Bonchev–Trinajstić information content (AvgIpc) is 2.71. The van der Waals surface area contributed by atoms with E-state index in [0.717, 1.165) is 4.90 Å². The zero-order chi connectivity index (χ0) is 13.2. The minimum absolute atomic E-state index is 0.0519. The molecule has 0 radical (unpaired) electrons. The van der Waals surface area contributed by atoms with Gasteiger partial charge in [-0.05, 0) is 18.2 Å². The van der Waals surface area contributed by atoms with Crippen molar-refractivity contribution in [1.82, 2.24) is 14.9 Å². The van der Waals surface area contributed by atoms with Crippen LogP contribution in [0, 0.1) is 0 Å². The number of nitrogens with zero attached hydrogens (tertiary/aromatic N) is 3. The van der Waals surface area contributed by atoms with Crippen molar-refractivity contribution in [3.8, 4) is 0 Å². The molecule has 2 amide bonds. The van der Waals surface area contributed by atoms with Crippen LogP contribution >= 0.6 is 0 Å². The molecule has 94 valence electrons. The summed E-state index contributed by atoms with van der Waals surface area (Å²) in [6.07, 6.45) is 3.16. The van der Waals surface area contributed by atoms with Crippen LogP contribution in [0.1, 0.15) is 20.7 Å². The fraction of sp³-hybridized carbons (Fsp3) is 0.0769. The van der Waals surface area contributed by atoms with Gasteiger partial charge < -0.3 is 5.32 Å². The third kappa shape index (κ3) is 1.93. The number of nitrogens with one attached hydrogen (secondary N) is 1. The van der Waals surface area contributed by atoms with E-state index in [4.69, 9.17) is 0 Å². The normalized spacial score (nSPS) is 13.6. The maximum atomic E-state index is 12.1. The van der Waals surface area contributed by atoms with Crippen LogP contribution < -0.4 is 5.32 Å². The number of amides is 2. The number of hydrogen-bond donors (Lipinski definition) is 1. The molecule has 1 aromatic carbocycles. The first-order valence-corrected chi connectivity index (χ1v) is 5.73. The van der Waals surface area contributed by atoms with Gasteiger partial charge in [0.2, 0.25) is 5.95 Å². The lowest BCUT2D eigenvalue weighted by atomic mass is 10.1. The third-order valence-corrected chi connectivity index (χ3v) is 2.84. The highest BCUT2D eigenvalue weighted by atomic mass is 16.2. The fourth-order valence-corrected chi connectivity index (χ4v) is 1.92. The van der Waals surface area contributed by atoms with Crippen LogP contribution in [-0.4, -0.2) is 33.4 Å². The van der Waals surface area contributed by atoms with E-state index in [0.29, 0.717) is 17.1 Å². The van der Waals surface area contributed by atoms with Crippen LogP contribution in [0.3, 0.4) is 0 Å². The van der Waals surface area contributed by atoms with Crippen molar-refractivity contribution in [2.45, 2.75) is 0 Å². The molecule has 6 nitrogen and oxygen atoms in total. The molecule has 6 heteroatoms. The first kappa shape index (κ1) is 11.3. The summed E-state index contributed by atoms with van der Waals surface area (Å²) in [6, 6.07) is 8.46. The van der Waals surface area contributed by atoms with Gasteiger partial charge in [-0.15, -0.1) is 0 Å². The molecular formula is C13H10N4O2. The summed E-state index contributed by atoms with van der Waals surface area (Å²) >= 11 is 0. The van der Waals surface area contributed by atoms with E-state index in [-0.39, 0.29) is 18.5 Å². The highest BCUT2D eigenvalue weighted by Crippen LogP contribution is 2.21. The van der Waals surface area contributed by atoms with E-state index in [1.54, 1.807) is 42.7 Å². The molecule has 0 aliphatic carbocycles. The largest absolute Gasteiger partial charge is 0.336 e. The average molecular weight is 254 g/mol. The monoisotopic (exact) mass is 254 g/mol. The van der Waals surface area contributed by atoms with E-state index in [1.165, 1.54) is 0 Å². The topological polar surface area (TPSA) is 75.2 Å². The van der Waals surface area contributed by atoms with Gasteiger partial charge in [-0.2, -0.15) is 0 Å². The molecule has 0 bridgehead atoms. The molecule has 0 unspecified atom stereocenters. The van der Waals surface area contributed by atoms with Gasteiger partial charge in [-0.3, -0.25) is 14.5 Å². The Morgan fingerprint density at radius 3 is 2.11 bits per heavy atom. The molecule has 2 aromatic rings. The second-order valence-electron chi connectivity index (χ2n) is 3.99. The second kappa shape index (κ2) is 4.49. The van der Waals surface area contributed by atoms with Crippen LogP contribution in [0.25, 0.3) is 0 Å². The maximum Gasteiger partial charge on any atom is 0.263 e. The van der Waals surface area contributed by atoms with Gasteiger partial charge in [0, 0.05) is 12.4 Å². The number of anilines is 1. The van der Waals surface area contributed by atoms with Crippen molar-refractivity contribution in [1.29, 1.82) is 0 Å². The smallest absolute Gasteiger partial charge is 0.263 e. The molecule has 3 rings (SSSR count). The van der Waals surface area contributed by atoms with E-state index in [1.807, 2.05) is 0 Å². The number of benzene rings is 1. The molecule has 1 aliphatic rings. The van der Waals surface area contributed by atoms with Crippen LogP contribution in [0.4, 0.5) is 5.95 Å². The van der Waals surface area contributed by atoms with Gasteiger partial charge in [0.15, 0.2) is 0 Å². The quantitative estimate of drug-likeness (QED) is 0.831. The Balaban J connectivity index is 1.78. The summed E-state index contributed by atoms with van der Waals surface area (Å²) in [6.45, 7) is 0.0519. The Labute approximate surface area is 109 Å². The Kier molecular flexibility index (Phi) is 2.68. The summed E-state index contributed by atoms with van der Waals surface area (Å²) in [7, 11) is 0. The molecule has 2 heterocycles. The lowest BCUT2D eigenvalue weighted by molar-refractivity contribution is 0.0665. The molecule has 0 saturated heterocycles. The number of rotatable bonds is 3. The van der Waals surface area contributed by atoms with Crippen LogP contribution in [0.5, 0.6) is 0 Å². The third-order valence-electron chi connectivity index (χ3n) is 2.84. The SMILES string of the molecule is O=C1c2ccccc2C(=O)N1CNc1ncccn1. The van der Waals surface area contributed by atoms with E-state index < -0.39 is 0 Å². The van der Waals surface area contributed by atoms with Gasteiger partial charge in [0.05, 0.1) is 11.1 Å². The number of carbonyl (C=O) groups is 2. The van der Waals surface area contributed by atoms with Crippen LogP contribution in [0.15, 0.2) is 42.7 Å². The predicted octanol–water partition coefficient (Wildman–Crippen LogP) is 1.14. The zero-order valence-electron chi connectivity index (χ0n) is 9.91. The molecule has 0 atom stereocenters. The molecular weight excluding hydrogens is 244 g/mol. The summed E-state index contributed by atoms with van der Waals surface area (Å²) in [5.74, 6) is -0.230. The summed E-state index contributed by atoms with van der Waals surface area (Å²) < 4.78 is 0. The summed E-state index contributed by atoms with van der Waals surface area (Å²) in [4.78, 5) is 33.2. The number of carbonyl (C=O) groups excluding carboxylic acids is 2. The number of hydrogen-bond acceptors (Lipinski definition) is 5. The summed E-state index contributed by atoms with van der Waals surface area (Å²) in [5.41, 5.74) is 0.867. The van der Waals surface area contributed by atoms with Crippen molar-refractivity contribution in [2.24, 2.45) is 0 Å². The van der Waals surface area contributed by atoms with Gasteiger partial charge >= 0.3 is 0 Å². The van der Waals surface area contributed by atoms with Gasteiger partial charge in [-0.1, -0.05) is 12.1 Å². The zero-order valence-corrected chi connectivity index (χ0v) is 9.91. The van der Waals surface area contributed by atoms with Gasteiger partial charge in [0.1, 0.15) is 6.67 Å². The Bertz CT molecular complexity index is 607. The van der Waals surface area contributed by atoms with E-state index >= 15 is 0 Å². The Morgan fingerprint density at radius 1 is 0.947 bits per heavy atom. The highest BCUT2D eigenvalue weighted by Gasteiger charge is 2.34.